The first kappa shape index (κ1) is 10.6. The molecule has 2 N–H and O–H groups in total. The van der Waals surface area contributed by atoms with E-state index in [-0.39, 0.29) is 0 Å². The number of hydrogen-bond donors (Lipinski definition) is 2. The van der Waals surface area contributed by atoms with E-state index in [1.54, 1.807) is 0 Å². The van der Waals surface area contributed by atoms with Crippen LogP contribution in [0.1, 0.15) is 13.8 Å². The Morgan fingerprint density at radius 2 is 1.60 bits per heavy atom. The van der Waals surface area contributed by atoms with Gasteiger partial charge in [0, 0.05) is 0 Å². The van der Waals surface area contributed by atoms with Crippen LogP contribution in [-0.4, -0.2) is 24.1 Å². The fourth-order valence-corrected chi connectivity index (χ4v) is 5.08. The summed E-state index contributed by atoms with van der Waals surface area (Å²) in [4.78, 5) is 6.75. The molecule has 2 aromatic heterocycles. The van der Waals surface area contributed by atoms with Crippen LogP contribution in [-0.2, 0) is 0 Å². The monoisotopic (exact) mass is 216 g/mol. The number of rotatable bonds is 4. The van der Waals surface area contributed by atoms with Crippen molar-refractivity contribution in [3.63, 3.8) is 0 Å². The standard InChI is InChI=1S/2C4H4N.C4H9.Al/c2*1-2-4-5-3-1;1-4(2)3;/h2*1-3,5H;4H,1H2,2-3H3;. The van der Waals surface area contributed by atoms with Crippen LogP contribution in [0.5, 0.6) is 0 Å². The molecule has 78 valence electrons. The van der Waals surface area contributed by atoms with Crippen LogP contribution in [0.25, 0.3) is 0 Å². The van der Waals surface area contributed by atoms with E-state index in [0.717, 1.165) is 5.92 Å². The van der Waals surface area contributed by atoms with Crippen molar-refractivity contribution in [3.8, 4) is 0 Å². The molecule has 0 aliphatic carbocycles. The lowest BCUT2D eigenvalue weighted by molar-refractivity contribution is 0.729. The molecule has 0 aliphatic rings. The Morgan fingerprint density at radius 1 is 1.07 bits per heavy atom. The second-order valence-corrected chi connectivity index (χ2v) is 7.25. The van der Waals surface area contributed by atoms with Gasteiger partial charge in [0.2, 0.25) is 0 Å². The minimum atomic E-state index is -1.02. The zero-order chi connectivity index (χ0) is 10.7. The van der Waals surface area contributed by atoms with Crippen LogP contribution in [0.3, 0.4) is 0 Å². The Kier molecular flexibility index (Phi) is 3.35. The van der Waals surface area contributed by atoms with Crippen molar-refractivity contribution in [2.75, 3.05) is 0 Å². The summed E-state index contributed by atoms with van der Waals surface area (Å²) in [5, 5.41) is 1.31. The molecule has 0 saturated heterocycles. The van der Waals surface area contributed by atoms with Gasteiger partial charge >= 0.3 is 14.1 Å². The minimum Gasteiger partial charge on any atom is -0.380 e. The van der Waals surface area contributed by atoms with E-state index in [1.807, 2.05) is 12.4 Å². The summed E-state index contributed by atoms with van der Waals surface area (Å²) >= 11 is -1.02. The molecule has 3 heteroatoms. The summed E-state index contributed by atoms with van der Waals surface area (Å²) in [5.41, 5.74) is 0. The lowest BCUT2D eigenvalue weighted by Gasteiger charge is -2.11. The Hall–Kier alpha value is -0.908. The fraction of sp³-hybridized carbons (Fsp3) is 0.333. The van der Waals surface area contributed by atoms with Crippen LogP contribution >= 0.6 is 0 Å². The third kappa shape index (κ3) is 2.56. The Bertz CT molecular complexity index is 341. The second kappa shape index (κ2) is 4.74. The maximum absolute atomic E-state index is 3.37. The van der Waals surface area contributed by atoms with Gasteiger partial charge in [-0.3, -0.25) is 0 Å². The molecule has 0 bridgehead atoms. The van der Waals surface area contributed by atoms with Crippen LogP contribution in [0.2, 0.25) is 5.28 Å². The van der Waals surface area contributed by atoms with Crippen LogP contribution in [0, 0.1) is 5.92 Å². The molecule has 0 unspecified atom stereocenters. The van der Waals surface area contributed by atoms with Crippen molar-refractivity contribution in [3.05, 3.63) is 36.7 Å². The van der Waals surface area contributed by atoms with Gasteiger partial charge in [-0.05, 0) is 33.6 Å². The topological polar surface area (TPSA) is 31.6 Å². The lowest BCUT2D eigenvalue weighted by Crippen LogP contribution is -2.44. The molecule has 2 nitrogen and oxygen atoms in total. The maximum atomic E-state index is 3.37. The summed E-state index contributed by atoms with van der Waals surface area (Å²) in [7, 11) is 0. The first-order valence-electron chi connectivity index (χ1n) is 5.54. The van der Waals surface area contributed by atoms with Gasteiger partial charge in [-0.1, -0.05) is 37.2 Å². The molecule has 0 fully saturated rings. The van der Waals surface area contributed by atoms with Crippen LogP contribution in [0.15, 0.2) is 36.7 Å². The molecule has 2 heterocycles. The fourth-order valence-electron chi connectivity index (χ4n) is 2.01. The van der Waals surface area contributed by atoms with Gasteiger partial charge in [-0.2, -0.15) is 0 Å². The highest BCUT2D eigenvalue weighted by Gasteiger charge is 2.25. The van der Waals surface area contributed by atoms with Crippen molar-refractivity contribution >= 4 is 23.3 Å². The van der Waals surface area contributed by atoms with Gasteiger partial charge in [0.05, 0.1) is 0 Å². The van der Waals surface area contributed by atoms with E-state index in [2.05, 4.69) is 48.1 Å². The Balaban J connectivity index is 2.25. The zero-order valence-electron chi connectivity index (χ0n) is 9.33. The second-order valence-electron chi connectivity index (χ2n) is 4.43. The van der Waals surface area contributed by atoms with Crippen molar-refractivity contribution in [1.29, 1.82) is 0 Å². The van der Waals surface area contributed by atoms with Crippen molar-refractivity contribution in [2.45, 2.75) is 19.1 Å². The van der Waals surface area contributed by atoms with E-state index in [9.17, 15) is 0 Å². The molecule has 0 aliphatic heterocycles. The number of aromatic amines is 2. The summed E-state index contributed by atoms with van der Waals surface area (Å²) in [6, 6.07) is 8.64. The normalized spacial score (nSPS) is 10.9. The smallest absolute Gasteiger partial charge is 0.380 e. The first-order valence-corrected chi connectivity index (χ1v) is 7.51. The van der Waals surface area contributed by atoms with E-state index in [1.165, 1.54) is 14.4 Å². The van der Waals surface area contributed by atoms with Crippen LogP contribution in [0.4, 0.5) is 0 Å². The number of nitrogens with one attached hydrogen (secondary N) is 2. The predicted octanol–water partition coefficient (Wildman–Crippen LogP) is 1.61. The zero-order valence-corrected chi connectivity index (χ0v) is 10.5. The molecule has 0 radical (unpaired) electrons. The summed E-state index contributed by atoms with van der Waals surface area (Å²) < 4.78 is 2.87. The highest BCUT2D eigenvalue weighted by molar-refractivity contribution is 6.84. The van der Waals surface area contributed by atoms with E-state index in [4.69, 9.17) is 0 Å². The van der Waals surface area contributed by atoms with Crippen molar-refractivity contribution in [1.82, 2.24) is 9.97 Å². The highest BCUT2D eigenvalue weighted by Crippen LogP contribution is 2.05. The van der Waals surface area contributed by atoms with E-state index in [0.29, 0.717) is 0 Å². The third-order valence-corrected chi connectivity index (χ3v) is 6.34. The average molecular weight is 216 g/mol. The molecule has 0 aromatic carbocycles. The van der Waals surface area contributed by atoms with Crippen molar-refractivity contribution in [2.24, 2.45) is 5.92 Å². The van der Waals surface area contributed by atoms with E-state index < -0.39 is 14.1 Å². The summed E-state index contributed by atoms with van der Waals surface area (Å²) in [6.07, 6.45) is 4.05. The molecular formula is C12H17AlN2. The van der Waals surface area contributed by atoms with E-state index >= 15 is 0 Å². The first-order chi connectivity index (χ1) is 7.27. The van der Waals surface area contributed by atoms with Gasteiger partial charge in [0.25, 0.3) is 0 Å². The molecule has 15 heavy (non-hydrogen) atoms. The third-order valence-electron chi connectivity index (χ3n) is 2.70. The molecule has 0 spiro atoms. The van der Waals surface area contributed by atoms with Gasteiger partial charge in [0.1, 0.15) is 0 Å². The highest BCUT2D eigenvalue weighted by atomic mass is 27.2. The quantitative estimate of drug-likeness (QED) is 0.728. The molecule has 0 amide bonds. The summed E-state index contributed by atoms with van der Waals surface area (Å²) in [5.74, 6) is 0.758. The number of hydrogen-bond acceptors (Lipinski definition) is 0. The maximum Gasteiger partial charge on any atom is 0.397 e. The molecule has 2 rings (SSSR count). The molecule has 2 aromatic rings. The lowest BCUT2D eigenvalue weighted by atomic mass is 10.3. The average Bonchev–Trinajstić information content (AvgIpc) is 2.87. The van der Waals surface area contributed by atoms with Gasteiger partial charge in [0.15, 0.2) is 0 Å². The summed E-state index contributed by atoms with van der Waals surface area (Å²) in [6.45, 7) is 4.60. The Labute approximate surface area is 95.1 Å². The molecular weight excluding hydrogens is 199 g/mol. The van der Waals surface area contributed by atoms with Crippen molar-refractivity contribution < 1.29 is 0 Å². The minimum absolute atomic E-state index is 0.758. The molecule has 0 atom stereocenters. The largest absolute Gasteiger partial charge is 0.397 e. The number of H-pyrrole nitrogens is 2. The molecule has 0 saturated carbocycles. The van der Waals surface area contributed by atoms with Crippen LogP contribution < -0.4 is 9.11 Å². The SMILES string of the molecule is CC(C)[CH2][Al]([c]1ccc[nH]1)[c]1ccc[nH]1. The predicted molar refractivity (Wildman–Crippen MR) is 66.3 cm³/mol. The Morgan fingerprint density at radius 3 is 1.93 bits per heavy atom. The van der Waals surface area contributed by atoms with Gasteiger partial charge in [-0.25, -0.2) is 0 Å². The van der Waals surface area contributed by atoms with Gasteiger partial charge < -0.3 is 9.97 Å². The number of aromatic nitrogens is 2. The van der Waals surface area contributed by atoms with Gasteiger partial charge in [-0.15, -0.1) is 0 Å².